The molecular formula is C45H34BF5O. The van der Waals surface area contributed by atoms with Gasteiger partial charge in [-0.25, -0.2) is 22.0 Å². The van der Waals surface area contributed by atoms with Crippen LogP contribution < -0.4 is 5.46 Å². The van der Waals surface area contributed by atoms with Gasteiger partial charge in [-0.15, -0.1) is 0 Å². The molecule has 1 nitrogen and oxygen atoms in total. The van der Waals surface area contributed by atoms with Gasteiger partial charge in [0, 0.05) is 0 Å². The summed E-state index contributed by atoms with van der Waals surface area (Å²) >= 11 is 0. The quantitative estimate of drug-likeness (QED) is 0.0567. The molecule has 258 valence electrons. The molecule has 0 amide bonds. The summed E-state index contributed by atoms with van der Waals surface area (Å²) in [5.74, 6) is -9.56. The fraction of sp³-hybridized carbons (Fsp3) is 0.156. The van der Waals surface area contributed by atoms with E-state index in [-0.39, 0.29) is 18.1 Å². The predicted octanol–water partition coefficient (Wildman–Crippen LogP) is 11.3. The van der Waals surface area contributed by atoms with Crippen LogP contribution in [-0.2, 0) is 16.9 Å². The molecule has 0 unspecified atom stereocenters. The highest BCUT2D eigenvalue weighted by atomic mass is 19.2. The summed E-state index contributed by atoms with van der Waals surface area (Å²) in [6.45, 7) is 4.78. The van der Waals surface area contributed by atoms with Crippen molar-refractivity contribution in [1.82, 2.24) is 0 Å². The zero-order chi connectivity index (χ0) is 35.9. The van der Waals surface area contributed by atoms with Crippen molar-refractivity contribution < 1.29 is 26.2 Å². The Morgan fingerprint density at radius 3 is 1.31 bits per heavy atom. The minimum Gasteiger partial charge on any atom is -0.666 e. The van der Waals surface area contributed by atoms with Gasteiger partial charge in [-0.2, -0.15) is 0 Å². The molecule has 2 aliphatic rings. The molecule has 0 atom stereocenters. The lowest BCUT2D eigenvalue weighted by Crippen LogP contribution is -2.70. The Labute approximate surface area is 299 Å². The van der Waals surface area contributed by atoms with E-state index in [9.17, 15) is 4.39 Å². The molecule has 9 rings (SSSR count). The molecule has 1 fully saturated rings. The Morgan fingerprint density at radius 2 is 0.885 bits per heavy atom. The van der Waals surface area contributed by atoms with Crippen LogP contribution in [0.3, 0.4) is 0 Å². The Kier molecular flexibility index (Phi) is 7.46. The van der Waals surface area contributed by atoms with Crippen LogP contribution in [0.25, 0.3) is 54.9 Å². The second-order valence-corrected chi connectivity index (χ2v) is 15.3. The summed E-state index contributed by atoms with van der Waals surface area (Å²) in [6.07, 6.45) is -2.72. The van der Waals surface area contributed by atoms with E-state index in [1.807, 2.05) is 98.8 Å². The third-order valence-corrected chi connectivity index (χ3v) is 11.4. The summed E-state index contributed by atoms with van der Waals surface area (Å²) in [5.41, 5.74) is 5.91. The molecule has 2 heterocycles. The lowest BCUT2D eigenvalue weighted by molar-refractivity contribution is -0.187. The van der Waals surface area contributed by atoms with Crippen LogP contribution in [0.5, 0.6) is 0 Å². The molecule has 0 radical (unpaired) electrons. The lowest BCUT2D eigenvalue weighted by atomic mass is 9.29. The van der Waals surface area contributed by atoms with Crippen LogP contribution in [0.1, 0.15) is 25.0 Å². The Hall–Kier alpha value is -5.27. The van der Waals surface area contributed by atoms with Crippen molar-refractivity contribution in [3.05, 3.63) is 162 Å². The Balaban J connectivity index is 1.53. The van der Waals surface area contributed by atoms with Gasteiger partial charge in [0.25, 0.3) is 0 Å². The molecule has 7 heteroatoms. The van der Waals surface area contributed by atoms with Crippen LogP contribution >= 0.6 is 0 Å². The molecule has 0 spiro atoms. The molecule has 52 heavy (non-hydrogen) atoms. The Bertz CT molecular complexity index is 2400. The molecule has 0 bridgehead atoms. The third-order valence-electron chi connectivity index (χ3n) is 11.4. The number of hydrogen-bond donors (Lipinski definition) is 0. The summed E-state index contributed by atoms with van der Waals surface area (Å²) in [5, 5.41) is 3.86. The molecule has 0 aliphatic carbocycles. The minimum absolute atomic E-state index is 0.0285. The maximum atomic E-state index is 16.6. The monoisotopic (exact) mass is 696 g/mol. The average molecular weight is 697 g/mol. The molecule has 7 aromatic rings. The topological polar surface area (TPSA) is 2.70 Å². The molecular weight excluding hydrogens is 662 g/mol. The maximum Gasteiger partial charge on any atom is 0.335 e. The first kappa shape index (κ1) is 32.6. The largest absolute Gasteiger partial charge is 0.666 e. The van der Waals surface area contributed by atoms with E-state index in [4.69, 9.17) is 0 Å². The van der Waals surface area contributed by atoms with E-state index in [1.54, 1.807) is 0 Å². The summed E-state index contributed by atoms with van der Waals surface area (Å²) < 4.78 is 82.3. The maximum absolute atomic E-state index is 16.6. The third kappa shape index (κ3) is 4.86. The number of benzene rings is 7. The van der Waals surface area contributed by atoms with Gasteiger partial charge < -0.3 is 4.28 Å². The average Bonchev–Trinajstić information content (AvgIpc) is 3.31. The highest BCUT2D eigenvalue weighted by Crippen LogP contribution is 2.52. The van der Waals surface area contributed by atoms with E-state index in [1.165, 1.54) is 0 Å². The van der Waals surface area contributed by atoms with Crippen LogP contribution in [0.4, 0.5) is 22.0 Å². The van der Waals surface area contributed by atoms with Crippen LogP contribution in [-0.4, -0.2) is 19.6 Å². The fourth-order valence-electron chi connectivity index (χ4n) is 9.23. The van der Waals surface area contributed by atoms with Crippen molar-refractivity contribution in [2.45, 2.75) is 26.5 Å². The highest BCUT2D eigenvalue weighted by molar-refractivity contribution is 6.87. The molecule has 7 aromatic carbocycles. The number of hydrogen-bond acceptors (Lipinski definition) is 0. The van der Waals surface area contributed by atoms with Crippen molar-refractivity contribution in [3.63, 3.8) is 0 Å². The zero-order valence-electron chi connectivity index (χ0n) is 28.8. The first-order chi connectivity index (χ1) is 25.1. The van der Waals surface area contributed by atoms with E-state index in [0.29, 0.717) is 13.2 Å². The second-order valence-electron chi connectivity index (χ2n) is 15.3. The van der Waals surface area contributed by atoms with Gasteiger partial charge in [-0.05, 0) is 86.4 Å². The van der Waals surface area contributed by atoms with E-state index in [0.717, 1.165) is 66.1 Å². The van der Waals surface area contributed by atoms with Crippen molar-refractivity contribution in [1.29, 1.82) is 0 Å². The standard InChI is InChI=1S/C45H34BF5O/c1-45(2)25-52(26-45)46(39-40(47)42(49)44(51)43(50)41(39)48)23-35-33(27-13-5-3-6-14-27)21-29-17-9-11-19-31(29)37(35)38-32-20-12-10-18-30(32)22-34(36(38)24-46)28-15-7-4-8-16-28/h3-22H,23-26H2,1-2H3. The molecule has 0 aromatic heterocycles. The van der Waals surface area contributed by atoms with E-state index >= 15 is 17.6 Å². The van der Waals surface area contributed by atoms with Crippen LogP contribution in [0.2, 0.25) is 0 Å². The van der Waals surface area contributed by atoms with Gasteiger partial charge >= 0.3 is 6.35 Å². The van der Waals surface area contributed by atoms with Gasteiger partial charge in [0.2, 0.25) is 0 Å². The first-order valence-corrected chi connectivity index (χ1v) is 17.7. The smallest absolute Gasteiger partial charge is 0.335 e. The van der Waals surface area contributed by atoms with Gasteiger partial charge in [0.05, 0.1) is 5.41 Å². The van der Waals surface area contributed by atoms with Gasteiger partial charge in [-0.3, -0.25) is 0 Å². The Morgan fingerprint density at radius 1 is 0.500 bits per heavy atom. The van der Waals surface area contributed by atoms with Crippen LogP contribution in [0, 0.1) is 34.5 Å². The highest BCUT2D eigenvalue weighted by Gasteiger charge is 2.56. The predicted molar refractivity (Wildman–Crippen MR) is 201 cm³/mol. The number of halogens is 5. The summed E-state index contributed by atoms with van der Waals surface area (Å²) in [6, 6.07) is 40.0. The van der Waals surface area contributed by atoms with Crippen LogP contribution in [0.15, 0.2) is 121 Å². The fourth-order valence-corrected chi connectivity index (χ4v) is 9.23. The zero-order valence-corrected chi connectivity index (χ0v) is 28.8. The first-order valence-electron chi connectivity index (χ1n) is 17.7. The molecule has 1 saturated heterocycles. The van der Waals surface area contributed by atoms with Crippen molar-refractivity contribution in [3.8, 4) is 33.4 Å². The second kappa shape index (κ2) is 11.9. The van der Waals surface area contributed by atoms with Gasteiger partial charge in [0.15, 0.2) is 17.5 Å². The van der Waals surface area contributed by atoms with Crippen molar-refractivity contribution in [2.75, 3.05) is 13.2 Å². The number of fused-ring (bicyclic) bond motifs is 7. The molecule has 2 aliphatic heterocycles. The molecule has 0 saturated carbocycles. The number of rotatable bonds is 4. The SMILES string of the molecule is CC1(C)C[O+]([B-]2(c3c(F)c(F)c(F)c(F)c3F)Cc3c(-c4ccccc4)cc4ccccc4c3-c3c(c(-c4ccccc4)cc4ccccc34)C2)C1. The minimum atomic E-state index is -2.78. The normalized spacial score (nSPS) is 16.3. The van der Waals surface area contributed by atoms with E-state index < -0.39 is 40.9 Å². The van der Waals surface area contributed by atoms with E-state index in [2.05, 4.69) is 40.7 Å². The van der Waals surface area contributed by atoms with Gasteiger partial charge in [0.1, 0.15) is 24.8 Å². The summed E-state index contributed by atoms with van der Waals surface area (Å²) in [7, 11) is 0. The van der Waals surface area contributed by atoms with Gasteiger partial charge in [-0.1, -0.05) is 133 Å². The summed E-state index contributed by atoms with van der Waals surface area (Å²) in [4.78, 5) is 0. The lowest BCUT2D eigenvalue weighted by Gasteiger charge is -2.59. The van der Waals surface area contributed by atoms with Crippen molar-refractivity contribution >= 4 is 33.4 Å². The van der Waals surface area contributed by atoms with Crippen molar-refractivity contribution in [2.24, 2.45) is 5.41 Å². The molecule has 0 N–H and O–H groups in total.